The molecule has 8 heteroatoms. The molecule has 0 saturated carbocycles. The summed E-state index contributed by atoms with van der Waals surface area (Å²) in [5, 5.41) is 9.44. The lowest BCUT2D eigenvalue weighted by Gasteiger charge is -2.31. The van der Waals surface area contributed by atoms with Crippen LogP contribution in [0.25, 0.3) is 11.3 Å². The summed E-state index contributed by atoms with van der Waals surface area (Å²) in [4.78, 5) is 20.0. The highest BCUT2D eigenvalue weighted by atomic mass is 32.2. The summed E-state index contributed by atoms with van der Waals surface area (Å²) in [7, 11) is 1.61. The van der Waals surface area contributed by atoms with Crippen molar-refractivity contribution in [2.45, 2.75) is 51.9 Å². The standard InChI is InChI=1S/C26H30N4O3S/c1-6-9-22(31)30-20-13-12-17(4)14-19(20)23-24(27-26(29-28-23)34-15-16(2)3)33-25(30)18-10-7-8-11-21(18)32-5/h7-8,10-14,16,25H,6,9,15H2,1-5H3. The van der Waals surface area contributed by atoms with Gasteiger partial charge < -0.3 is 9.47 Å². The Morgan fingerprint density at radius 1 is 1.21 bits per heavy atom. The van der Waals surface area contributed by atoms with Gasteiger partial charge in [0.15, 0.2) is 5.69 Å². The average Bonchev–Trinajstić information content (AvgIpc) is 2.96. The van der Waals surface area contributed by atoms with Crippen LogP contribution < -0.4 is 14.4 Å². The van der Waals surface area contributed by atoms with Gasteiger partial charge in [-0.1, -0.05) is 56.3 Å². The Labute approximate surface area is 204 Å². The van der Waals surface area contributed by atoms with Crippen LogP contribution in [0.4, 0.5) is 5.69 Å². The van der Waals surface area contributed by atoms with Crippen molar-refractivity contribution in [1.82, 2.24) is 15.2 Å². The van der Waals surface area contributed by atoms with Crippen molar-refractivity contribution in [3.8, 4) is 22.9 Å². The molecule has 3 aromatic rings. The molecule has 7 nitrogen and oxygen atoms in total. The Bertz CT molecular complexity index is 1180. The van der Waals surface area contributed by atoms with Gasteiger partial charge in [0.05, 0.1) is 18.4 Å². The van der Waals surface area contributed by atoms with Gasteiger partial charge in [0.2, 0.25) is 23.2 Å². The van der Waals surface area contributed by atoms with Gasteiger partial charge in [-0.15, -0.1) is 10.2 Å². The van der Waals surface area contributed by atoms with Crippen LogP contribution in [-0.2, 0) is 4.79 Å². The average molecular weight is 479 g/mol. The number of para-hydroxylation sites is 1. The number of methoxy groups -OCH3 is 1. The first-order chi connectivity index (χ1) is 16.4. The van der Waals surface area contributed by atoms with Crippen LogP contribution in [0.3, 0.4) is 0 Å². The van der Waals surface area contributed by atoms with Crippen LogP contribution in [0.15, 0.2) is 47.6 Å². The summed E-state index contributed by atoms with van der Waals surface area (Å²) >= 11 is 1.54. The molecule has 1 aliphatic heterocycles. The van der Waals surface area contributed by atoms with Gasteiger partial charge in [-0.25, -0.2) is 0 Å². The molecule has 0 N–H and O–H groups in total. The molecule has 0 bridgehead atoms. The van der Waals surface area contributed by atoms with Gasteiger partial charge in [0, 0.05) is 17.7 Å². The molecule has 0 spiro atoms. The SMILES string of the molecule is CCCC(=O)N1c2ccc(C)cc2-c2nnc(SCC(C)C)nc2OC1c1ccccc1OC. The Morgan fingerprint density at radius 2 is 2.00 bits per heavy atom. The first-order valence-electron chi connectivity index (χ1n) is 11.5. The molecule has 0 fully saturated rings. The molecule has 2 aromatic carbocycles. The fraction of sp³-hybridized carbons (Fsp3) is 0.385. The van der Waals surface area contributed by atoms with E-state index in [1.54, 1.807) is 23.8 Å². The minimum Gasteiger partial charge on any atom is -0.496 e. The minimum atomic E-state index is -0.766. The largest absolute Gasteiger partial charge is 0.496 e. The smallest absolute Gasteiger partial charge is 0.247 e. The van der Waals surface area contributed by atoms with Crippen molar-refractivity contribution in [3.63, 3.8) is 0 Å². The zero-order chi connectivity index (χ0) is 24.2. The van der Waals surface area contributed by atoms with Gasteiger partial charge in [-0.2, -0.15) is 4.98 Å². The summed E-state index contributed by atoms with van der Waals surface area (Å²) in [6.45, 7) is 8.29. The Morgan fingerprint density at radius 3 is 2.74 bits per heavy atom. The molecule has 1 atom stereocenters. The normalized spacial score (nSPS) is 14.8. The molecule has 1 unspecified atom stereocenters. The highest BCUT2D eigenvalue weighted by Gasteiger charge is 2.37. The molecule has 0 aliphatic carbocycles. The van der Waals surface area contributed by atoms with Crippen molar-refractivity contribution in [1.29, 1.82) is 0 Å². The van der Waals surface area contributed by atoms with Gasteiger partial charge in [0.1, 0.15) is 5.75 Å². The van der Waals surface area contributed by atoms with E-state index in [9.17, 15) is 4.79 Å². The van der Waals surface area contributed by atoms with Crippen molar-refractivity contribution < 1.29 is 14.3 Å². The maximum atomic E-state index is 13.5. The van der Waals surface area contributed by atoms with E-state index >= 15 is 0 Å². The molecule has 2 heterocycles. The highest BCUT2D eigenvalue weighted by Crippen LogP contribution is 2.45. The number of carbonyl (C=O) groups excluding carboxylic acids is 1. The van der Waals surface area contributed by atoms with Gasteiger partial charge in [-0.05, 0) is 43.5 Å². The lowest BCUT2D eigenvalue weighted by atomic mass is 10.0. The molecular formula is C26H30N4O3S. The zero-order valence-electron chi connectivity index (χ0n) is 20.2. The molecule has 34 heavy (non-hydrogen) atoms. The number of carbonyl (C=O) groups is 1. The van der Waals surface area contributed by atoms with E-state index in [0.29, 0.717) is 34.8 Å². The number of ether oxygens (including phenoxy) is 2. The molecule has 1 aromatic heterocycles. The van der Waals surface area contributed by atoms with Crippen LogP contribution in [0, 0.1) is 12.8 Å². The minimum absolute atomic E-state index is 0.0429. The Balaban J connectivity index is 1.93. The third kappa shape index (κ3) is 4.87. The van der Waals surface area contributed by atoms with Gasteiger partial charge in [-0.3, -0.25) is 9.69 Å². The first kappa shape index (κ1) is 24.0. The van der Waals surface area contributed by atoms with Crippen molar-refractivity contribution in [3.05, 3.63) is 53.6 Å². The van der Waals surface area contributed by atoms with Crippen LogP contribution in [-0.4, -0.2) is 34.0 Å². The Hall–Kier alpha value is -3.13. The molecule has 0 radical (unpaired) electrons. The topological polar surface area (TPSA) is 77.4 Å². The summed E-state index contributed by atoms with van der Waals surface area (Å²) in [5.41, 5.74) is 3.81. The quantitative estimate of drug-likeness (QED) is 0.396. The third-order valence-electron chi connectivity index (χ3n) is 5.44. The van der Waals surface area contributed by atoms with E-state index in [0.717, 1.165) is 34.6 Å². The fourth-order valence-corrected chi connectivity index (χ4v) is 4.59. The molecule has 0 saturated heterocycles. The fourth-order valence-electron chi connectivity index (χ4n) is 3.86. The predicted octanol–water partition coefficient (Wildman–Crippen LogP) is 5.83. The van der Waals surface area contributed by atoms with E-state index in [1.807, 2.05) is 56.3 Å². The van der Waals surface area contributed by atoms with Crippen LogP contribution >= 0.6 is 11.8 Å². The lowest BCUT2D eigenvalue weighted by Crippen LogP contribution is -2.37. The third-order valence-corrected chi connectivity index (χ3v) is 6.71. The van der Waals surface area contributed by atoms with E-state index < -0.39 is 6.23 Å². The number of aromatic nitrogens is 3. The second-order valence-electron chi connectivity index (χ2n) is 8.70. The van der Waals surface area contributed by atoms with Gasteiger partial charge in [0.25, 0.3) is 0 Å². The molecule has 1 aliphatic rings. The molecule has 4 rings (SSSR count). The number of hydrogen-bond acceptors (Lipinski definition) is 7. The Kier molecular flexibility index (Phi) is 7.36. The van der Waals surface area contributed by atoms with Crippen LogP contribution in [0.2, 0.25) is 0 Å². The number of nitrogens with zero attached hydrogens (tertiary/aromatic N) is 4. The molecular weight excluding hydrogens is 448 g/mol. The van der Waals surface area contributed by atoms with Crippen molar-refractivity contribution in [2.24, 2.45) is 5.92 Å². The maximum absolute atomic E-state index is 13.5. The molecule has 1 amide bonds. The summed E-state index contributed by atoms with van der Waals surface area (Å²) in [6.07, 6.45) is 0.334. The summed E-state index contributed by atoms with van der Waals surface area (Å²) in [6, 6.07) is 13.5. The van der Waals surface area contributed by atoms with Crippen molar-refractivity contribution >= 4 is 23.4 Å². The number of benzene rings is 2. The van der Waals surface area contributed by atoms with Crippen LogP contribution in [0.1, 0.15) is 51.0 Å². The monoisotopic (exact) mass is 478 g/mol. The van der Waals surface area contributed by atoms with Crippen molar-refractivity contribution in [2.75, 3.05) is 17.8 Å². The number of aryl methyl sites for hydroxylation is 1. The van der Waals surface area contributed by atoms with E-state index in [2.05, 4.69) is 24.0 Å². The number of amides is 1. The molecule has 178 valence electrons. The van der Waals surface area contributed by atoms with Crippen LogP contribution in [0.5, 0.6) is 11.6 Å². The number of thioether (sulfide) groups is 1. The van der Waals surface area contributed by atoms with E-state index in [-0.39, 0.29) is 5.91 Å². The lowest BCUT2D eigenvalue weighted by molar-refractivity contribution is -0.120. The van der Waals surface area contributed by atoms with E-state index in [1.165, 1.54) is 0 Å². The number of anilines is 1. The second-order valence-corrected chi connectivity index (χ2v) is 9.69. The predicted molar refractivity (Wildman–Crippen MR) is 134 cm³/mol. The summed E-state index contributed by atoms with van der Waals surface area (Å²) < 4.78 is 12.2. The highest BCUT2D eigenvalue weighted by molar-refractivity contribution is 7.99. The maximum Gasteiger partial charge on any atom is 0.247 e. The number of fused-ring (bicyclic) bond motifs is 3. The summed E-state index contributed by atoms with van der Waals surface area (Å²) in [5.74, 6) is 2.30. The number of rotatable bonds is 7. The zero-order valence-corrected chi connectivity index (χ0v) is 21.1. The first-order valence-corrected chi connectivity index (χ1v) is 12.5. The number of hydrogen-bond donors (Lipinski definition) is 0. The second kappa shape index (κ2) is 10.4. The van der Waals surface area contributed by atoms with Gasteiger partial charge >= 0.3 is 0 Å². The van der Waals surface area contributed by atoms with E-state index in [4.69, 9.17) is 14.5 Å².